The van der Waals surface area contributed by atoms with E-state index in [9.17, 15) is 0 Å². The highest BCUT2D eigenvalue weighted by molar-refractivity contribution is 8.03. The highest BCUT2D eigenvalue weighted by Gasteiger charge is 2.06. The first kappa shape index (κ1) is 12.5. The van der Waals surface area contributed by atoms with Crippen LogP contribution in [0.3, 0.4) is 0 Å². The summed E-state index contributed by atoms with van der Waals surface area (Å²) in [7, 11) is 0. The van der Waals surface area contributed by atoms with Gasteiger partial charge in [0.15, 0.2) is 0 Å². The standard InChI is InChI=1S/C15H15ClS/c1-11-4-3-5-14(10-11)17-15-9-8-13(16)7-6-12(15)2/h3-8,10H,9H2,1-2H3. The molecule has 2 heteroatoms. The van der Waals surface area contributed by atoms with Gasteiger partial charge in [0.05, 0.1) is 0 Å². The Balaban J connectivity index is 2.21. The minimum Gasteiger partial charge on any atom is -0.0939 e. The number of rotatable bonds is 2. The third-order valence-electron chi connectivity index (χ3n) is 2.65. The van der Waals surface area contributed by atoms with E-state index in [1.165, 1.54) is 20.9 Å². The first-order valence-corrected chi connectivity index (χ1v) is 6.82. The van der Waals surface area contributed by atoms with Crippen molar-refractivity contribution >= 4 is 23.4 Å². The van der Waals surface area contributed by atoms with E-state index in [2.05, 4.69) is 50.3 Å². The molecule has 0 amide bonds. The van der Waals surface area contributed by atoms with Gasteiger partial charge in [0.2, 0.25) is 0 Å². The first-order valence-electron chi connectivity index (χ1n) is 5.63. The lowest BCUT2D eigenvalue weighted by Crippen LogP contribution is -1.81. The first-order chi connectivity index (χ1) is 8.15. The molecule has 0 saturated carbocycles. The van der Waals surface area contributed by atoms with E-state index in [4.69, 9.17) is 11.6 Å². The molecule has 88 valence electrons. The third kappa shape index (κ3) is 3.52. The van der Waals surface area contributed by atoms with E-state index >= 15 is 0 Å². The fourth-order valence-corrected chi connectivity index (χ4v) is 2.87. The van der Waals surface area contributed by atoms with Crippen molar-refractivity contribution in [2.24, 2.45) is 0 Å². The van der Waals surface area contributed by atoms with Gasteiger partial charge < -0.3 is 0 Å². The van der Waals surface area contributed by atoms with Gasteiger partial charge in [-0.05, 0) is 49.0 Å². The predicted molar refractivity (Wildman–Crippen MR) is 77.4 cm³/mol. The van der Waals surface area contributed by atoms with Crippen molar-refractivity contribution in [1.29, 1.82) is 0 Å². The van der Waals surface area contributed by atoms with Crippen molar-refractivity contribution in [3.05, 3.63) is 63.6 Å². The Kier molecular flexibility index (Phi) is 4.14. The summed E-state index contributed by atoms with van der Waals surface area (Å²) in [5.74, 6) is 0. The number of benzene rings is 1. The molecule has 17 heavy (non-hydrogen) atoms. The molecule has 0 saturated heterocycles. The van der Waals surface area contributed by atoms with Crippen molar-refractivity contribution in [2.45, 2.75) is 25.2 Å². The number of halogens is 1. The molecule has 0 aromatic heterocycles. The van der Waals surface area contributed by atoms with Crippen LogP contribution in [0, 0.1) is 6.92 Å². The second-order valence-electron chi connectivity index (χ2n) is 4.15. The molecule has 0 spiro atoms. The molecule has 0 atom stereocenters. The summed E-state index contributed by atoms with van der Waals surface area (Å²) in [6.45, 7) is 4.26. The average molecular weight is 263 g/mol. The van der Waals surface area contributed by atoms with Crippen molar-refractivity contribution in [3.8, 4) is 0 Å². The van der Waals surface area contributed by atoms with Crippen LogP contribution in [-0.2, 0) is 0 Å². The molecule has 0 heterocycles. The lowest BCUT2D eigenvalue weighted by molar-refractivity contribution is 1.29. The van der Waals surface area contributed by atoms with Gasteiger partial charge in [0.1, 0.15) is 0 Å². The second kappa shape index (κ2) is 5.61. The maximum absolute atomic E-state index is 6.02. The molecule has 0 unspecified atom stereocenters. The minimum absolute atomic E-state index is 0.823. The van der Waals surface area contributed by atoms with Crippen molar-refractivity contribution < 1.29 is 0 Å². The number of thioether (sulfide) groups is 1. The lowest BCUT2D eigenvalue weighted by Gasteiger charge is -2.07. The van der Waals surface area contributed by atoms with Crippen LogP contribution < -0.4 is 0 Å². The maximum atomic E-state index is 6.02. The second-order valence-corrected chi connectivity index (χ2v) is 5.76. The quantitative estimate of drug-likeness (QED) is 0.684. The van der Waals surface area contributed by atoms with Crippen LogP contribution >= 0.6 is 23.4 Å². The van der Waals surface area contributed by atoms with E-state index in [-0.39, 0.29) is 0 Å². The Hall–Kier alpha value is -0.920. The molecule has 1 aliphatic carbocycles. The molecule has 2 rings (SSSR count). The van der Waals surface area contributed by atoms with Gasteiger partial charge in [-0.2, -0.15) is 0 Å². The molecule has 0 fully saturated rings. The zero-order valence-corrected chi connectivity index (χ0v) is 11.6. The van der Waals surface area contributed by atoms with E-state index in [1.54, 1.807) is 0 Å². The highest BCUT2D eigenvalue weighted by Crippen LogP contribution is 2.34. The molecule has 1 aromatic carbocycles. The summed E-state index contributed by atoms with van der Waals surface area (Å²) >= 11 is 7.85. The Labute approximate surface area is 112 Å². The molecule has 0 aliphatic heterocycles. The van der Waals surface area contributed by atoms with Crippen LogP contribution in [0.2, 0.25) is 0 Å². The highest BCUT2D eigenvalue weighted by atomic mass is 35.5. The molecular formula is C15H15ClS. The lowest BCUT2D eigenvalue weighted by atomic mass is 10.2. The SMILES string of the molecule is CC1=C(Sc2cccc(C)c2)CC=C(Cl)C=C1. The molecule has 0 N–H and O–H groups in total. The fraction of sp³-hybridized carbons (Fsp3) is 0.200. The monoisotopic (exact) mass is 262 g/mol. The number of aryl methyl sites for hydroxylation is 1. The Morgan fingerprint density at radius 3 is 2.76 bits per heavy atom. The van der Waals surface area contributed by atoms with Gasteiger partial charge in [-0.3, -0.25) is 0 Å². The molecule has 0 nitrogen and oxygen atoms in total. The Morgan fingerprint density at radius 1 is 1.18 bits per heavy atom. The zero-order valence-electron chi connectivity index (χ0n) is 10.0. The van der Waals surface area contributed by atoms with Crippen molar-refractivity contribution in [1.82, 2.24) is 0 Å². The van der Waals surface area contributed by atoms with Gasteiger partial charge in [0.25, 0.3) is 0 Å². The van der Waals surface area contributed by atoms with Gasteiger partial charge in [0, 0.05) is 9.93 Å². The van der Waals surface area contributed by atoms with Crippen LogP contribution in [-0.4, -0.2) is 0 Å². The van der Waals surface area contributed by atoms with Crippen LogP contribution in [0.1, 0.15) is 18.9 Å². The van der Waals surface area contributed by atoms with Crippen molar-refractivity contribution in [3.63, 3.8) is 0 Å². The zero-order chi connectivity index (χ0) is 12.3. The summed E-state index contributed by atoms with van der Waals surface area (Å²) in [4.78, 5) is 2.65. The van der Waals surface area contributed by atoms with Gasteiger partial charge in [-0.15, -0.1) is 0 Å². The van der Waals surface area contributed by atoms with Gasteiger partial charge in [-0.25, -0.2) is 0 Å². The smallest absolute Gasteiger partial charge is 0.0369 e. The van der Waals surface area contributed by atoms with Crippen LogP contribution in [0.5, 0.6) is 0 Å². The van der Waals surface area contributed by atoms with E-state index in [0.29, 0.717) is 0 Å². The normalized spacial score (nSPS) is 15.8. The van der Waals surface area contributed by atoms with Crippen LogP contribution in [0.4, 0.5) is 0 Å². The third-order valence-corrected chi connectivity index (χ3v) is 4.15. The van der Waals surface area contributed by atoms with Crippen LogP contribution in [0.15, 0.2) is 62.9 Å². The summed E-state index contributed by atoms with van der Waals surface area (Å²) in [5, 5.41) is 0.823. The summed E-state index contributed by atoms with van der Waals surface area (Å²) < 4.78 is 0. The number of hydrogen-bond donors (Lipinski definition) is 0. The largest absolute Gasteiger partial charge is 0.0939 e. The van der Waals surface area contributed by atoms with E-state index in [0.717, 1.165) is 11.5 Å². The number of hydrogen-bond acceptors (Lipinski definition) is 1. The predicted octanol–water partition coefficient (Wildman–Crippen LogP) is 5.44. The Morgan fingerprint density at radius 2 is 2.00 bits per heavy atom. The van der Waals surface area contributed by atoms with Gasteiger partial charge >= 0.3 is 0 Å². The minimum atomic E-state index is 0.823. The topological polar surface area (TPSA) is 0 Å². The summed E-state index contributed by atoms with van der Waals surface area (Å²) in [5.41, 5.74) is 2.59. The number of allylic oxidation sites excluding steroid dienone is 6. The van der Waals surface area contributed by atoms with Gasteiger partial charge in [-0.1, -0.05) is 53.2 Å². The molecular weight excluding hydrogens is 248 g/mol. The molecule has 0 radical (unpaired) electrons. The Bertz CT molecular complexity index is 509. The van der Waals surface area contributed by atoms with E-state index in [1.807, 2.05) is 17.8 Å². The summed E-state index contributed by atoms with van der Waals surface area (Å²) in [6, 6.07) is 8.58. The van der Waals surface area contributed by atoms with Crippen LogP contribution in [0.25, 0.3) is 0 Å². The van der Waals surface area contributed by atoms with E-state index < -0.39 is 0 Å². The average Bonchev–Trinajstić information content (AvgIpc) is 2.45. The summed E-state index contributed by atoms with van der Waals surface area (Å²) in [6.07, 6.45) is 7.02. The molecule has 1 aromatic rings. The fourth-order valence-electron chi connectivity index (χ4n) is 1.66. The molecule has 0 bridgehead atoms. The van der Waals surface area contributed by atoms with Crippen molar-refractivity contribution in [2.75, 3.05) is 0 Å². The maximum Gasteiger partial charge on any atom is 0.0369 e. The molecule has 1 aliphatic rings.